The van der Waals surface area contributed by atoms with Gasteiger partial charge in [0.15, 0.2) is 0 Å². The van der Waals surface area contributed by atoms with E-state index in [2.05, 4.69) is 29.3 Å². The van der Waals surface area contributed by atoms with Gasteiger partial charge in [-0.1, -0.05) is 36.4 Å². The Labute approximate surface area is 148 Å². The van der Waals surface area contributed by atoms with Gasteiger partial charge in [-0.25, -0.2) is 9.18 Å². The van der Waals surface area contributed by atoms with Gasteiger partial charge in [-0.15, -0.1) is 0 Å². The number of carbonyl (C=O) groups is 1. The van der Waals surface area contributed by atoms with Crippen molar-refractivity contribution in [1.82, 2.24) is 10.2 Å². The lowest BCUT2D eigenvalue weighted by Gasteiger charge is -2.36. The highest BCUT2D eigenvalue weighted by molar-refractivity contribution is 5.74. The fourth-order valence-electron chi connectivity index (χ4n) is 3.19. The smallest absolute Gasteiger partial charge is 0.317 e. The Bertz CT molecular complexity index is 726. The Balaban J connectivity index is 1.46. The molecule has 1 heterocycles. The maximum atomic E-state index is 13.6. The Morgan fingerprint density at radius 3 is 2.44 bits per heavy atom. The minimum atomic E-state index is -0.219. The topological polar surface area (TPSA) is 35.6 Å². The lowest BCUT2D eigenvalue weighted by molar-refractivity contribution is 0.194. The number of hydrogen-bond donors (Lipinski definition) is 1. The van der Waals surface area contributed by atoms with Crippen molar-refractivity contribution in [3.05, 3.63) is 65.5 Å². The highest BCUT2D eigenvalue weighted by Gasteiger charge is 2.21. The Kier molecular flexibility index (Phi) is 5.53. The van der Waals surface area contributed by atoms with Gasteiger partial charge in [0.2, 0.25) is 0 Å². The summed E-state index contributed by atoms with van der Waals surface area (Å²) in [6.07, 6.45) is 0.502. The molecule has 3 rings (SSSR count). The molecular weight excluding hydrogens is 317 g/mol. The number of benzene rings is 2. The van der Waals surface area contributed by atoms with Crippen LogP contribution in [-0.4, -0.2) is 43.7 Å². The van der Waals surface area contributed by atoms with Crippen LogP contribution in [0.5, 0.6) is 0 Å². The van der Waals surface area contributed by atoms with Gasteiger partial charge < -0.3 is 15.1 Å². The minimum absolute atomic E-state index is 0.0687. The van der Waals surface area contributed by atoms with E-state index in [1.165, 1.54) is 17.3 Å². The first-order valence-electron chi connectivity index (χ1n) is 8.72. The van der Waals surface area contributed by atoms with Gasteiger partial charge >= 0.3 is 6.03 Å². The second-order valence-electron chi connectivity index (χ2n) is 6.33. The zero-order chi connectivity index (χ0) is 17.6. The summed E-state index contributed by atoms with van der Waals surface area (Å²) in [6, 6.07) is 14.9. The quantitative estimate of drug-likeness (QED) is 0.927. The molecule has 2 amide bonds. The first-order chi connectivity index (χ1) is 12.1. The van der Waals surface area contributed by atoms with E-state index in [9.17, 15) is 9.18 Å². The van der Waals surface area contributed by atoms with Crippen molar-refractivity contribution in [3.8, 4) is 0 Å². The van der Waals surface area contributed by atoms with E-state index in [1.807, 2.05) is 23.1 Å². The molecule has 0 bridgehead atoms. The normalized spacial score (nSPS) is 14.5. The highest BCUT2D eigenvalue weighted by Crippen LogP contribution is 2.20. The van der Waals surface area contributed by atoms with Crippen molar-refractivity contribution in [2.45, 2.75) is 13.3 Å². The number of rotatable bonds is 4. The number of carbonyl (C=O) groups excluding carboxylic acids is 1. The van der Waals surface area contributed by atoms with Crippen molar-refractivity contribution < 1.29 is 9.18 Å². The van der Waals surface area contributed by atoms with Crippen molar-refractivity contribution in [1.29, 1.82) is 0 Å². The van der Waals surface area contributed by atoms with Crippen molar-refractivity contribution >= 4 is 11.7 Å². The summed E-state index contributed by atoms with van der Waals surface area (Å²) in [4.78, 5) is 16.4. The summed E-state index contributed by atoms with van der Waals surface area (Å²) >= 11 is 0. The maximum Gasteiger partial charge on any atom is 0.317 e. The van der Waals surface area contributed by atoms with Gasteiger partial charge in [0.05, 0.1) is 0 Å². The second-order valence-corrected chi connectivity index (χ2v) is 6.33. The summed E-state index contributed by atoms with van der Waals surface area (Å²) in [5, 5.41) is 2.90. The third kappa shape index (κ3) is 4.29. The molecule has 0 radical (unpaired) electrons. The standard InChI is InChI=1S/C20H24FN3O/c1-16-6-2-5-9-19(16)23-12-14-24(15-13-23)20(25)22-11-10-17-7-3-4-8-18(17)21/h2-9H,10-15H2,1H3,(H,22,25). The summed E-state index contributed by atoms with van der Waals surface area (Å²) in [6.45, 7) is 5.59. The molecule has 2 aromatic carbocycles. The van der Waals surface area contributed by atoms with Crippen molar-refractivity contribution in [2.24, 2.45) is 0 Å². The van der Waals surface area contributed by atoms with E-state index in [-0.39, 0.29) is 11.8 Å². The number of piperazine rings is 1. The van der Waals surface area contributed by atoms with Gasteiger partial charge in [0.25, 0.3) is 0 Å². The van der Waals surface area contributed by atoms with Crippen molar-refractivity contribution in [3.63, 3.8) is 0 Å². The molecule has 1 aliphatic rings. The molecule has 0 aromatic heterocycles. The molecular formula is C20H24FN3O. The average Bonchev–Trinajstić information content (AvgIpc) is 2.64. The number of para-hydroxylation sites is 1. The Morgan fingerprint density at radius 1 is 1.04 bits per heavy atom. The number of nitrogens with zero attached hydrogens (tertiary/aromatic N) is 2. The van der Waals surface area contributed by atoms with E-state index in [0.29, 0.717) is 31.6 Å². The van der Waals surface area contributed by atoms with Crippen LogP contribution in [0.1, 0.15) is 11.1 Å². The molecule has 0 saturated carbocycles. The SMILES string of the molecule is Cc1ccccc1N1CCN(C(=O)NCCc2ccccc2F)CC1. The summed E-state index contributed by atoms with van der Waals surface area (Å²) in [5.74, 6) is -0.219. The first-order valence-corrected chi connectivity index (χ1v) is 8.72. The molecule has 0 spiro atoms. The lowest BCUT2D eigenvalue weighted by atomic mass is 10.1. The zero-order valence-electron chi connectivity index (χ0n) is 14.5. The Hall–Kier alpha value is -2.56. The fraction of sp³-hybridized carbons (Fsp3) is 0.350. The predicted octanol–water partition coefficient (Wildman–Crippen LogP) is 3.21. The Morgan fingerprint density at radius 2 is 1.72 bits per heavy atom. The molecule has 2 aromatic rings. The molecule has 5 heteroatoms. The molecule has 1 fully saturated rings. The molecule has 132 valence electrons. The van der Waals surface area contributed by atoms with Crippen LogP contribution in [0.25, 0.3) is 0 Å². The van der Waals surface area contributed by atoms with Crippen LogP contribution in [0.3, 0.4) is 0 Å². The van der Waals surface area contributed by atoms with E-state index in [4.69, 9.17) is 0 Å². The number of amides is 2. The lowest BCUT2D eigenvalue weighted by Crippen LogP contribution is -2.52. The second kappa shape index (κ2) is 8.01. The van der Waals surface area contributed by atoms with Crippen LogP contribution in [0.2, 0.25) is 0 Å². The molecule has 0 aliphatic carbocycles. The number of hydrogen-bond acceptors (Lipinski definition) is 2. The average molecular weight is 341 g/mol. The van der Waals surface area contributed by atoms with Crippen LogP contribution in [-0.2, 0) is 6.42 Å². The van der Waals surface area contributed by atoms with E-state index < -0.39 is 0 Å². The van der Waals surface area contributed by atoms with E-state index in [1.54, 1.807) is 12.1 Å². The number of halogens is 1. The van der Waals surface area contributed by atoms with Gasteiger partial charge in [-0.2, -0.15) is 0 Å². The first kappa shape index (κ1) is 17.3. The van der Waals surface area contributed by atoms with Gasteiger partial charge in [0.1, 0.15) is 5.82 Å². The summed E-state index contributed by atoms with van der Waals surface area (Å²) in [7, 11) is 0. The van der Waals surface area contributed by atoms with Gasteiger partial charge in [0, 0.05) is 38.4 Å². The monoisotopic (exact) mass is 341 g/mol. The van der Waals surface area contributed by atoms with Gasteiger partial charge in [-0.3, -0.25) is 0 Å². The zero-order valence-corrected chi connectivity index (χ0v) is 14.5. The van der Waals surface area contributed by atoms with Crippen LogP contribution in [0.15, 0.2) is 48.5 Å². The molecule has 0 atom stereocenters. The molecule has 1 aliphatic heterocycles. The number of anilines is 1. The van der Waals surface area contributed by atoms with Crippen LogP contribution in [0, 0.1) is 12.7 Å². The van der Waals surface area contributed by atoms with Crippen LogP contribution >= 0.6 is 0 Å². The summed E-state index contributed by atoms with van der Waals surface area (Å²) in [5.41, 5.74) is 3.12. The molecule has 25 heavy (non-hydrogen) atoms. The molecule has 4 nitrogen and oxygen atoms in total. The fourth-order valence-corrected chi connectivity index (χ4v) is 3.19. The largest absolute Gasteiger partial charge is 0.368 e. The third-order valence-electron chi connectivity index (χ3n) is 4.65. The van der Waals surface area contributed by atoms with E-state index in [0.717, 1.165) is 13.1 Å². The minimum Gasteiger partial charge on any atom is -0.368 e. The third-order valence-corrected chi connectivity index (χ3v) is 4.65. The number of urea groups is 1. The van der Waals surface area contributed by atoms with Crippen molar-refractivity contribution in [2.75, 3.05) is 37.6 Å². The number of aryl methyl sites for hydroxylation is 1. The molecule has 1 saturated heterocycles. The molecule has 1 N–H and O–H groups in total. The van der Waals surface area contributed by atoms with E-state index >= 15 is 0 Å². The van der Waals surface area contributed by atoms with Gasteiger partial charge in [-0.05, 0) is 36.6 Å². The van der Waals surface area contributed by atoms with Crippen LogP contribution < -0.4 is 10.2 Å². The predicted molar refractivity (Wildman–Crippen MR) is 98.5 cm³/mol. The molecule has 0 unspecified atom stereocenters. The maximum absolute atomic E-state index is 13.6. The van der Waals surface area contributed by atoms with Crippen LogP contribution in [0.4, 0.5) is 14.9 Å². The summed E-state index contributed by atoms with van der Waals surface area (Å²) < 4.78 is 13.6. The highest BCUT2D eigenvalue weighted by atomic mass is 19.1. The number of nitrogens with one attached hydrogen (secondary N) is 1.